The molecule has 0 unspecified atom stereocenters. The fourth-order valence-corrected chi connectivity index (χ4v) is 11.7. The van der Waals surface area contributed by atoms with E-state index in [4.69, 9.17) is 16.7 Å². The molecular weight excluding hydrogens is 826 g/mol. The number of rotatable bonds is 7. The van der Waals surface area contributed by atoms with Gasteiger partial charge in [-0.2, -0.15) is 5.10 Å². The minimum absolute atomic E-state index is 0.0126. The van der Waals surface area contributed by atoms with Gasteiger partial charge in [0.1, 0.15) is 17.3 Å². The summed E-state index contributed by atoms with van der Waals surface area (Å²) in [5.41, 5.74) is -0.395. The molecule has 18 heteroatoms. The number of thiophene rings is 1. The third-order valence-electron chi connectivity index (χ3n) is 13.2. The Kier molecular flexibility index (Phi) is 9.03. The summed E-state index contributed by atoms with van der Waals surface area (Å²) in [5.74, 6) is -7.08. The zero-order valence-corrected chi connectivity index (χ0v) is 35.3. The number of hydrogen-bond acceptors (Lipinski definition) is 12. The van der Waals surface area contributed by atoms with Crippen LogP contribution in [0.2, 0.25) is 5.02 Å². The Morgan fingerprint density at radius 1 is 0.934 bits per heavy atom. The number of carbonyl (C=O) groups is 4. The zero-order valence-electron chi connectivity index (χ0n) is 33.7. The lowest BCUT2D eigenvalue weighted by Crippen LogP contribution is -2.49. The molecule has 2 aromatic heterocycles. The van der Waals surface area contributed by atoms with Gasteiger partial charge in [0.2, 0.25) is 23.6 Å². The molecule has 312 valence electrons. The van der Waals surface area contributed by atoms with Crippen molar-refractivity contribution in [2.45, 2.75) is 39.5 Å². The highest BCUT2D eigenvalue weighted by molar-refractivity contribution is 7.22. The smallest absolute Gasteiger partial charge is 0.301 e. The highest BCUT2D eigenvalue weighted by atomic mass is 35.5. The first-order valence-corrected chi connectivity index (χ1v) is 20.7. The molecule has 0 spiro atoms. The normalized spacial score (nSPS) is 24.6. The molecule has 16 nitrogen and oxygen atoms in total. The second-order valence-corrected chi connectivity index (χ2v) is 18.1. The highest BCUT2D eigenvalue weighted by Crippen LogP contribution is 2.65. The second-order valence-electron chi connectivity index (χ2n) is 16.6. The van der Waals surface area contributed by atoms with Crippen molar-refractivity contribution in [2.24, 2.45) is 36.1 Å². The third kappa shape index (κ3) is 5.59. The number of anilines is 3. The second kappa shape index (κ2) is 13.8. The van der Waals surface area contributed by atoms with Crippen LogP contribution >= 0.6 is 22.9 Å². The topological polar surface area (TPSA) is 202 Å². The van der Waals surface area contributed by atoms with Crippen molar-refractivity contribution in [3.05, 3.63) is 108 Å². The number of aryl methyl sites for hydroxylation is 3. The Morgan fingerprint density at radius 2 is 1.62 bits per heavy atom. The number of halogens is 1. The van der Waals surface area contributed by atoms with Gasteiger partial charge in [-0.3, -0.25) is 44.1 Å². The Balaban J connectivity index is 1.15. The first kappa shape index (κ1) is 40.0. The number of nitro benzene ring substituents is 2. The molecule has 4 heterocycles. The van der Waals surface area contributed by atoms with Crippen molar-refractivity contribution in [3.63, 3.8) is 0 Å². The van der Waals surface area contributed by atoms with Crippen molar-refractivity contribution < 1.29 is 34.1 Å². The van der Waals surface area contributed by atoms with Gasteiger partial charge in [-0.05, 0) is 74.2 Å². The Morgan fingerprint density at radius 3 is 2.28 bits per heavy atom. The summed E-state index contributed by atoms with van der Waals surface area (Å²) in [6.45, 7) is 5.39. The lowest BCUT2D eigenvalue weighted by Gasteiger charge is -2.49. The van der Waals surface area contributed by atoms with E-state index in [9.17, 15) is 39.7 Å². The van der Waals surface area contributed by atoms with Crippen LogP contribution in [0.4, 0.5) is 28.6 Å². The molecule has 4 amide bonds. The Hall–Kier alpha value is -6.46. The van der Waals surface area contributed by atoms with Gasteiger partial charge in [-0.1, -0.05) is 41.4 Å². The number of aromatic hydroxyl groups is 1. The lowest BCUT2D eigenvalue weighted by molar-refractivity contribution is -0.392. The summed E-state index contributed by atoms with van der Waals surface area (Å²) >= 11 is 7.82. The number of allylic oxidation sites excluding steroid dienone is 2. The Bertz CT molecular complexity index is 2850. The number of imide groups is 2. The fraction of sp³-hybridized carbons (Fsp3) is 0.326. The standard InChI is InChI=1S/C43H38ClN7O9S/c1-19-8-7-9-25(37(19)52)35-23-11-12-24-34(41(55)48(39(24)53)22-15-30(50(57)58)36(46(4)5)31(16-22)51(59)60)27(23)17-28-40(54)49(42(56)43(28,35)3)33-18-29(45-47(33)6)38-20(2)26-14-21(44)10-13-32(26)61-38/h7-11,13-16,18,24,27-28,34-35,52H,12,17H2,1-6H3/t24-,27+,28-,34-,35+,43+/m0/s1. The maximum absolute atomic E-state index is 15.2. The van der Waals surface area contributed by atoms with Crippen LogP contribution in [0.1, 0.15) is 42.4 Å². The predicted octanol–water partition coefficient (Wildman–Crippen LogP) is 7.60. The van der Waals surface area contributed by atoms with E-state index in [0.29, 0.717) is 27.4 Å². The molecule has 2 aliphatic heterocycles. The largest absolute Gasteiger partial charge is 0.507 e. The molecule has 0 bridgehead atoms. The van der Waals surface area contributed by atoms with Gasteiger partial charge in [0.25, 0.3) is 0 Å². The summed E-state index contributed by atoms with van der Waals surface area (Å²) in [4.78, 5) is 86.1. The number of phenols is 1. The first-order valence-electron chi connectivity index (χ1n) is 19.5. The summed E-state index contributed by atoms with van der Waals surface area (Å²) in [6.07, 6.45) is 1.84. The van der Waals surface area contributed by atoms with Gasteiger partial charge in [0, 0.05) is 60.5 Å². The van der Waals surface area contributed by atoms with Gasteiger partial charge in [-0.15, -0.1) is 11.3 Å². The van der Waals surface area contributed by atoms with Gasteiger partial charge in [0.15, 0.2) is 5.69 Å². The number of amides is 4. The molecule has 61 heavy (non-hydrogen) atoms. The quantitative estimate of drug-likeness (QED) is 0.0731. The number of carbonyl (C=O) groups excluding carboxylic acids is 4. The summed E-state index contributed by atoms with van der Waals surface area (Å²) in [7, 11) is 4.47. The van der Waals surface area contributed by atoms with Gasteiger partial charge >= 0.3 is 11.4 Å². The van der Waals surface area contributed by atoms with Crippen LogP contribution < -0.4 is 14.7 Å². The molecular formula is C43H38ClN7O9S. The molecule has 3 fully saturated rings. The minimum atomic E-state index is -1.47. The SMILES string of the molecule is Cc1cccc([C@H]2C3=CC[C@@H]4C(=O)N(c5cc([N+](=O)[O-])c(N(C)C)c([N+](=O)[O-])c5)C(=O)[C@@H]4[C@@H]3C[C@H]3C(=O)N(c4cc(-c5sc6ccc(Cl)cc6c5C)nn4C)C(=O)[C@@]23C)c1O. The minimum Gasteiger partial charge on any atom is -0.507 e. The summed E-state index contributed by atoms with van der Waals surface area (Å²) in [5, 5.41) is 42.4. The molecule has 6 atom stereocenters. The van der Waals surface area contributed by atoms with Gasteiger partial charge in [-0.25, -0.2) is 9.80 Å². The van der Waals surface area contributed by atoms with E-state index in [1.807, 2.05) is 31.2 Å². The number of para-hydroxylation sites is 1. The molecule has 9 rings (SSSR count). The highest BCUT2D eigenvalue weighted by Gasteiger charge is 2.68. The number of fused-ring (bicyclic) bond motifs is 5. The van der Waals surface area contributed by atoms with E-state index >= 15 is 4.79 Å². The monoisotopic (exact) mass is 863 g/mol. The zero-order chi connectivity index (χ0) is 43.7. The summed E-state index contributed by atoms with van der Waals surface area (Å²) in [6, 6.07) is 14.5. The Labute approximate surface area is 356 Å². The summed E-state index contributed by atoms with van der Waals surface area (Å²) < 4.78 is 2.48. The van der Waals surface area contributed by atoms with Gasteiger partial charge < -0.3 is 10.0 Å². The van der Waals surface area contributed by atoms with E-state index in [2.05, 4.69) is 0 Å². The van der Waals surface area contributed by atoms with Crippen molar-refractivity contribution in [1.29, 1.82) is 0 Å². The molecule has 4 aliphatic rings. The van der Waals surface area contributed by atoms with Crippen LogP contribution in [0.3, 0.4) is 0 Å². The van der Waals surface area contributed by atoms with Crippen molar-refractivity contribution in [2.75, 3.05) is 28.8 Å². The van der Waals surface area contributed by atoms with Gasteiger partial charge in [0.05, 0.1) is 43.6 Å². The average Bonchev–Trinajstić information content (AvgIpc) is 3.88. The van der Waals surface area contributed by atoms with Crippen LogP contribution in [-0.2, 0) is 26.2 Å². The average molecular weight is 864 g/mol. The van der Waals surface area contributed by atoms with E-state index in [1.54, 1.807) is 45.2 Å². The van der Waals surface area contributed by atoms with Crippen LogP contribution in [0, 0.1) is 63.2 Å². The molecule has 1 saturated carbocycles. The van der Waals surface area contributed by atoms with Crippen LogP contribution in [0.25, 0.3) is 20.7 Å². The first-order chi connectivity index (χ1) is 28.9. The molecule has 5 aromatic rings. The molecule has 2 saturated heterocycles. The van der Waals surface area contributed by atoms with E-state index < -0.39 is 79.9 Å². The number of benzene rings is 3. The molecule has 1 N–H and O–H groups in total. The molecule has 3 aromatic carbocycles. The van der Waals surface area contributed by atoms with E-state index in [-0.39, 0.29) is 35.8 Å². The van der Waals surface area contributed by atoms with E-state index in [0.717, 1.165) is 42.5 Å². The van der Waals surface area contributed by atoms with Crippen molar-refractivity contribution in [1.82, 2.24) is 9.78 Å². The maximum atomic E-state index is 15.2. The van der Waals surface area contributed by atoms with E-state index in [1.165, 1.54) is 35.0 Å². The third-order valence-corrected chi connectivity index (χ3v) is 14.8. The van der Waals surface area contributed by atoms with Crippen LogP contribution in [0.5, 0.6) is 5.75 Å². The van der Waals surface area contributed by atoms with Crippen molar-refractivity contribution >= 4 is 85.2 Å². The number of phenolic OH excluding ortho intramolecular Hbond substituents is 1. The number of nitro groups is 2. The van der Waals surface area contributed by atoms with Crippen LogP contribution in [0.15, 0.2) is 66.2 Å². The van der Waals surface area contributed by atoms with Crippen LogP contribution in [-0.4, -0.2) is 62.5 Å². The number of aromatic nitrogens is 2. The fourth-order valence-electron chi connectivity index (χ4n) is 10.4. The molecule has 2 aliphatic carbocycles. The number of hydrogen-bond donors (Lipinski definition) is 1. The maximum Gasteiger partial charge on any atom is 0.301 e. The van der Waals surface area contributed by atoms with Crippen molar-refractivity contribution in [3.8, 4) is 16.3 Å². The predicted molar refractivity (Wildman–Crippen MR) is 228 cm³/mol. The number of nitrogens with zero attached hydrogens (tertiary/aromatic N) is 7. The lowest BCUT2D eigenvalue weighted by atomic mass is 9.51. The molecule has 0 radical (unpaired) electrons.